The quantitative estimate of drug-likeness (QED) is 0.665. The maximum atomic E-state index is 12.9. The lowest BCUT2D eigenvalue weighted by Crippen LogP contribution is -2.33. The Labute approximate surface area is 159 Å². The summed E-state index contributed by atoms with van der Waals surface area (Å²) in [6, 6.07) is 13.6. The molecule has 5 nitrogen and oxygen atoms in total. The van der Waals surface area contributed by atoms with Gasteiger partial charge in [-0.3, -0.25) is 4.79 Å². The number of benzene rings is 2. The van der Waals surface area contributed by atoms with Crippen LogP contribution in [0.2, 0.25) is 5.02 Å². The van der Waals surface area contributed by atoms with Crippen LogP contribution in [0, 0.1) is 5.92 Å². The van der Waals surface area contributed by atoms with Crippen LogP contribution in [0.1, 0.15) is 29.8 Å². The molecule has 0 N–H and O–H groups in total. The van der Waals surface area contributed by atoms with Crippen molar-refractivity contribution in [1.29, 1.82) is 0 Å². The SMILES string of the molecule is CC(C)CN(Cc1ccc(OS(C)(=O)=O)cc1)C(=O)c1ccccc1Cl. The van der Waals surface area contributed by atoms with Crippen molar-refractivity contribution < 1.29 is 17.4 Å². The van der Waals surface area contributed by atoms with Crippen LogP contribution in [-0.2, 0) is 16.7 Å². The Kier molecular flexibility index (Phi) is 6.67. The van der Waals surface area contributed by atoms with E-state index in [1.807, 2.05) is 13.8 Å². The number of halogens is 1. The molecule has 26 heavy (non-hydrogen) atoms. The number of nitrogens with zero attached hydrogens (tertiary/aromatic N) is 1. The molecule has 2 rings (SSSR count). The Balaban J connectivity index is 2.20. The summed E-state index contributed by atoms with van der Waals surface area (Å²) in [6.07, 6.45) is 0.994. The van der Waals surface area contributed by atoms with E-state index in [0.717, 1.165) is 11.8 Å². The predicted octanol–water partition coefficient (Wildman–Crippen LogP) is 3.98. The van der Waals surface area contributed by atoms with Crippen LogP contribution >= 0.6 is 11.6 Å². The van der Waals surface area contributed by atoms with Crippen molar-refractivity contribution in [2.24, 2.45) is 5.92 Å². The minimum atomic E-state index is -3.56. The third kappa shape index (κ3) is 6.04. The lowest BCUT2D eigenvalue weighted by molar-refractivity contribution is 0.0723. The van der Waals surface area contributed by atoms with Crippen molar-refractivity contribution in [3.05, 3.63) is 64.7 Å². The van der Waals surface area contributed by atoms with Crippen molar-refractivity contribution in [3.8, 4) is 5.75 Å². The molecule has 0 saturated carbocycles. The monoisotopic (exact) mass is 395 g/mol. The molecule has 0 fully saturated rings. The summed E-state index contributed by atoms with van der Waals surface area (Å²) in [5, 5.41) is 0.420. The smallest absolute Gasteiger partial charge is 0.306 e. The average Bonchev–Trinajstić information content (AvgIpc) is 2.54. The fraction of sp³-hybridized carbons (Fsp3) is 0.316. The van der Waals surface area contributed by atoms with Crippen molar-refractivity contribution in [1.82, 2.24) is 4.90 Å². The first-order valence-corrected chi connectivity index (χ1v) is 10.4. The van der Waals surface area contributed by atoms with Gasteiger partial charge in [0.05, 0.1) is 16.8 Å². The van der Waals surface area contributed by atoms with E-state index in [-0.39, 0.29) is 17.6 Å². The van der Waals surface area contributed by atoms with E-state index >= 15 is 0 Å². The highest BCUT2D eigenvalue weighted by Gasteiger charge is 2.19. The fourth-order valence-electron chi connectivity index (χ4n) is 2.51. The number of carbonyl (C=O) groups excluding carboxylic acids is 1. The van der Waals surface area contributed by atoms with Crippen LogP contribution in [0.3, 0.4) is 0 Å². The molecule has 0 aliphatic rings. The van der Waals surface area contributed by atoms with E-state index in [1.165, 1.54) is 0 Å². The van der Waals surface area contributed by atoms with E-state index in [4.69, 9.17) is 15.8 Å². The normalized spacial score (nSPS) is 11.4. The van der Waals surface area contributed by atoms with Gasteiger partial charge in [0.2, 0.25) is 0 Å². The zero-order valence-corrected chi connectivity index (χ0v) is 16.5. The highest BCUT2D eigenvalue weighted by molar-refractivity contribution is 7.86. The van der Waals surface area contributed by atoms with Crippen LogP contribution in [0.5, 0.6) is 5.75 Å². The van der Waals surface area contributed by atoms with Gasteiger partial charge in [-0.15, -0.1) is 0 Å². The van der Waals surface area contributed by atoms with Gasteiger partial charge in [-0.2, -0.15) is 8.42 Å². The molecule has 2 aromatic rings. The predicted molar refractivity (Wildman–Crippen MR) is 103 cm³/mol. The largest absolute Gasteiger partial charge is 0.383 e. The molecule has 0 atom stereocenters. The third-order valence-electron chi connectivity index (χ3n) is 3.52. The summed E-state index contributed by atoms with van der Waals surface area (Å²) in [5.74, 6) is 0.388. The summed E-state index contributed by atoms with van der Waals surface area (Å²) in [4.78, 5) is 14.6. The van der Waals surface area contributed by atoms with Gasteiger partial charge >= 0.3 is 10.1 Å². The van der Waals surface area contributed by atoms with Crippen LogP contribution in [0.25, 0.3) is 0 Å². The molecule has 0 saturated heterocycles. The molecule has 1 amide bonds. The highest BCUT2D eigenvalue weighted by atomic mass is 35.5. The first-order valence-electron chi connectivity index (χ1n) is 8.18. The van der Waals surface area contributed by atoms with Crippen LogP contribution < -0.4 is 4.18 Å². The minimum absolute atomic E-state index is 0.138. The molecular formula is C19H22ClNO4S. The maximum absolute atomic E-state index is 12.9. The number of hydrogen-bond acceptors (Lipinski definition) is 4. The topological polar surface area (TPSA) is 63.7 Å². The lowest BCUT2D eigenvalue weighted by atomic mass is 10.1. The molecule has 7 heteroatoms. The van der Waals surface area contributed by atoms with Crippen LogP contribution in [0.15, 0.2) is 48.5 Å². The van der Waals surface area contributed by atoms with E-state index in [1.54, 1.807) is 53.4 Å². The van der Waals surface area contributed by atoms with Gasteiger partial charge in [0.15, 0.2) is 0 Å². The van der Waals surface area contributed by atoms with E-state index in [2.05, 4.69) is 0 Å². The molecule has 0 unspecified atom stereocenters. The first kappa shape index (κ1) is 20.3. The average molecular weight is 396 g/mol. The van der Waals surface area contributed by atoms with Gasteiger partial charge in [-0.1, -0.05) is 49.7 Å². The number of rotatable bonds is 7. The van der Waals surface area contributed by atoms with Gasteiger partial charge in [-0.05, 0) is 35.7 Å². The molecule has 0 spiro atoms. The Bertz CT molecular complexity index is 863. The van der Waals surface area contributed by atoms with Gasteiger partial charge in [0.25, 0.3) is 5.91 Å². The Morgan fingerprint density at radius 1 is 1.12 bits per heavy atom. The molecule has 0 aliphatic carbocycles. The molecule has 0 aliphatic heterocycles. The molecule has 140 valence electrons. The molecule has 2 aromatic carbocycles. The summed E-state index contributed by atoms with van der Waals surface area (Å²) < 4.78 is 27.2. The maximum Gasteiger partial charge on any atom is 0.306 e. The van der Waals surface area contributed by atoms with E-state index in [9.17, 15) is 13.2 Å². The number of hydrogen-bond donors (Lipinski definition) is 0. The second-order valence-electron chi connectivity index (χ2n) is 6.49. The van der Waals surface area contributed by atoms with Crippen LogP contribution in [0.4, 0.5) is 0 Å². The Morgan fingerprint density at radius 2 is 1.73 bits per heavy atom. The van der Waals surface area contributed by atoms with Crippen molar-refractivity contribution >= 4 is 27.6 Å². The van der Waals surface area contributed by atoms with E-state index < -0.39 is 10.1 Å². The van der Waals surface area contributed by atoms with Crippen LogP contribution in [-0.4, -0.2) is 32.0 Å². The van der Waals surface area contributed by atoms with Crippen molar-refractivity contribution in [3.63, 3.8) is 0 Å². The van der Waals surface area contributed by atoms with Gasteiger partial charge in [-0.25, -0.2) is 0 Å². The Morgan fingerprint density at radius 3 is 2.27 bits per heavy atom. The fourth-order valence-corrected chi connectivity index (χ4v) is 3.19. The minimum Gasteiger partial charge on any atom is -0.383 e. The Hall–Kier alpha value is -2.05. The van der Waals surface area contributed by atoms with Gasteiger partial charge in [0.1, 0.15) is 5.75 Å². The second-order valence-corrected chi connectivity index (χ2v) is 8.47. The molecule has 0 radical (unpaired) electrons. The first-order chi connectivity index (χ1) is 12.2. The summed E-state index contributed by atoms with van der Waals surface area (Å²) >= 11 is 6.16. The standard InChI is InChI=1S/C19H22ClNO4S/c1-14(2)12-21(19(22)17-6-4-5-7-18(17)20)13-15-8-10-16(11-9-15)25-26(3,23)24/h4-11,14H,12-13H2,1-3H3. The van der Waals surface area contributed by atoms with Crippen molar-refractivity contribution in [2.45, 2.75) is 20.4 Å². The van der Waals surface area contributed by atoms with Crippen molar-refractivity contribution in [2.75, 3.05) is 12.8 Å². The van der Waals surface area contributed by atoms with Gasteiger partial charge in [0, 0.05) is 13.1 Å². The lowest BCUT2D eigenvalue weighted by Gasteiger charge is -2.25. The third-order valence-corrected chi connectivity index (χ3v) is 4.35. The highest BCUT2D eigenvalue weighted by Crippen LogP contribution is 2.20. The molecule has 0 bridgehead atoms. The summed E-state index contributed by atoms with van der Waals surface area (Å²) in [7, 11) is -3.56. The molecule has 0 heterocycles. The number of carbonyl (C=O) groups is 1. The zero-order chi connectivity index (χ0) is 19.3. The second kappa shape index (κ2) is 8.56. The van der Waals surface area contributed by atoms with E-state index in [0.29, 0.717) is 23.7 Å². The zero-order valence-electron chi connectivity index (χ0n) is 15.0. The summed E-state index contributed by atoms with van der Waals surface area (Å²) in [6.45, 7) is 5.04. The summed E-state index contributed by atoms with van der Waals surface area (Å²) in [5.41, 5.74) is 1.33. The molecule has 0 aromatic heterocycles. The molecular weight excluding hydrogens is 374 g/mol. The van der Waals surface area contributed by atoms with Gasteiger partial charge < -0.3 is 9.08 Å². The number of amides is 1.